The van der Waals surface area contributed by atoms with Gasteiger partial charge in [-0.2, -0.15) is 0 Å². The molecular formula is C15H26NO+. The van der Waals surface area contributed by atoms with Crippen molar-refractivity contribution in [1.82, 2.24) is 0 Å². The lowest BCUT2D eigenvalue weighted by Gasteiger charge is -2.10. The summed E-state index contributed by atoms with van der Waals surface area (Å²) >= 11 is 0. The highest BCUT2D eigenvalue weighted by atomic mass is 16.5. The number of hydrogen-bond acceptors (Lipinski definition) is 1. The van der Waals surface area contributed by atoms with Crippen LogP contribution in [0.2, 0.25) is 0 Å². The second kappa shape index (κ2) is 9.06. The number of rotatable bonds is 9. The molecule has 0 bridgehead atoms. The van der Waals surface area contributed by atoms with Gasteiger partial charge in [-0.25, -0.2) is 0 Å². The van der Waals surface area contributed by atoms with E-state index in [0.29, 0.717) is 0 Å². The van der Waals surface area contributed by atoms with Crippen LogP contribution in [-0.4, -0.2) is 13.2 Å². The fourth-order valence-electron chi connectivity index (χ4n) is 1.82. The normalized spacial score (nSPS) is 10.5. The Hall–Kier alpha value is -1.02. The van der Waals surface area contributed by atoms with Gasteiger partial charge in [0.2, 0.25) is 0 Å². The Labute approximate surface area is 105 Å². The van der Waals surface area contributed by atoms with E-state index >= 15 is 0 Å². The molecule has 0 amide bonds. The monoisotopic (exact) mass is 236 g/mol. The zero-order valence-corrected chi connectivity index (χ0v) is 11.2. The molecule has 0 heterocycles. The topological polar surface area (TPSA) is 25.8 Å². The van der Waals surface area contributed by atoms with Crippen LogP contribution in [0.1, 0.15) is 45.1 Å². The molecule has 17 heavy (non-hydrogen) atoms. The highest BCUT2D eigenvalue weighted by molar-refractivity contribution is 5.32. The Morgan fingerprint density at radius 2 is 1.88 bits per heavy atom. The number of hydrogen-bond donors (Lipinski definition) is 1. The fraction of sp³-hybridized carbons (Fsp3) is 0.600. The van der Waals surface area contributed by atoms with Gasteiger partial charge < -0.3 is 10.1 Å². The third-order valence-electron chi connectivity index (χ3n) is 2.88. The lowest BCUT2D eigenvalue weighted by atomic mass is 10.2. The van der Waals surface area contributed by atoms with Crippen LogP contribution >= 0.6 is 0 Å². The minimum atomic E-state index is 0.850. The third kappa shape index (κ3) is 5.73. The molecule has 1 rings (SSSR count). The molecule has 0 saturated heterocycles. The van der Waals surface area contributed by atoms with Crippen LogP contribution in [0, 0.1) is 0 Å². The van der Waals surface area contributed by atoms with E-state index in [1.165, 1.54) is 31.2 Å². The summed E-state index contributed by atoms with van der Waals surface area (Å²) in [6.45, 7) is 7.39. The largest absolute Gasteiger partial charge is 0.493 e. The second-order valence-corrected chi connectivity index (χ2v) is 4.42. The van der Waals surface area contributed by atoms with Gasteiger partial charge >= 0.3 is 0 Å². The number of para-hydroxylation sites is 1. The summed E-state index contributed by atoms with van der Waals surface area (Å²) < 4.78 is 5.86. The van der Waals surface area contributed by atoms with Crippen molar-refractivity contribution in [3.05, 3.63) is 29.8 Å². The van der Waals surface area contributed by atoms with Crippen molar-refractivity contribution in [2.24, 2.45) is 0 Å². The molecule has 0 saturated carbocycles. The first-order valence-corrected chi connectivity index (χ1v) is 6.90. The lowest BCUT2D eigenvalue weighted by molar-refractivity contribution is -0.667. The lowest BCUT2D eigenvalue weighted by Crippen LogP contribution is -2.81. The summed E-state index contributed by atoms with van der Waals surface area (Å²) in [6.07, 6.45) is 5.04. The van der Waals surface area contributed by atoms with Gasteiger partial charge in [0.05, 0.1) is 13.2 Å². The van der Waals surface area contributed by atoms with Gasteiger partial charge in [-0.3, -0.25) is 0 Å². The molecule has 0 radical (unpaired) electrons. The predicted octanol–water partition coefficient (Wildman–Crippen LogP) is 2.73. The standard InChI is InChI=1S/C15H25NO/c1-3-5-6-9-12-17-15-11-8-7-10-14(15)13-16-4-2/h7-8,10-11,16H,3-6,9,12-13H2,1-2H3/p+1. The average molecular weight is 236 g/mol. The summed E-state index contributed by atoms with van der Waals surface area (Å²) in [5.74, 6) is 1.06. The summed E-state index contributed by atoms with van der Waals surface area (Å²) in [5.41, 5.74) is 1.31. The fourth-order valence-corrected chi connectivity index (χ4v) is 1.82. The van der Waals surface area contributed by atoms with E-state index in [0.717, 1.165) is 25.4 Å². The zero-order valence-electron chi connectivity index (χ0n) is 11.2. The molecule has 2 N–H and O–H groups in total. The summed E-state index contributed by atoms with van der Waals surface area (Å²) in [4.78, 5) is 0. The highest BCUT2D eigenvalue weighted by Gasteiger charge is 2.03. The number of quaternary nitrogens is 1. The van der Waals surface area contributed by atoms with Crippen molar-refractivity contribution >= 4 is 0 Å². The van der Waals surface area contributed by atoms with Gasteiger partial charge in [0.25, 0.3) is 0 Å². The average Bonchev–Trinajstić information content (AvgIpc) is 2.37. The molecule has 2 nitrogen and oxygen atoms in total. The van der Waals surface area contributed by atoms with Crippen LogP contribution in [-0.2, 0) is 6.54 Å². The molecule has 0 aliphatic carbocycles. The highest BCUT2D eigenvalue weighted by Crippen LogP contribution is 2.17. The molecule has 96 valence electrons. The summed E-state index contributed by atoms with van der Waals surface area (Å²) in [7, 11) is 0. The van der Waals surface area contributed by atoms with Gasteiger partial charge in [0, 0.05) is 5.56 Å². The van der Waals surface area contributed by atoms with Crippen molar-refractivity contribution in [3.8, 4) is 5.75 Å². The Morgan fingerprint density at radius 1 is 1.06 bits per heavy atom. The maximum Gasteiger partial charge on any atom is 0.128 e. The van der Waals surface area contributed by atoms with Gasteiger partial charge in [-0.15, -0.1) is 0 Å². The van der Waals surface area contributed by atoms with Gasteiger partial charge in [-0.1, -0.05) is 38.3 Å². The van der Waals surface area contributed by atoms with Crippen LogP contribution < -0.4 is 10.1 Å². The Morgan fingerprint density at radius 3 is 2.65 bits per heavy atom. The second-order valence-electron chi connectivity index (χ2n) is 4.42. The van der Waals surface area contributed by atoms with E-state index in [9.17, 15) is 0 Å². The molecular weight excluding hydrogens is 210 g/mol. The van der Waals surface area contributed by atoms with Crippen molar-refractivity contribution in [1.29, 1.82) is 0 Å². The first kappa shape index (κ1) is 14.0. The van der Waals surface area contributed by atoms with E-state index in [4.69, 9.17) is 4.74 Å². The molecule has 2 heteroatoms. The quantitative estimate of drug-likeness (QED) is 0.655. The van der Waals surface area contributed by atoms with Crippen LogP contribution in [0.4, 0.5) is 0 Å². The molecule has 0 atom stereocenters. The molecule has 0 fully saturated rings. The summed E-state index contributed by atoms with van der Waals surface area (Å²) in [5, 5.41) is 2.29. The maximum atomic E-state index is 5.86. The summed E-state index contributed by atoms with van der Waals surface area (Å²) in [6, 6.07) is 8.38. The Kier molecular flexibility index (Phi) is 7.48. The third-order valence-corrected chi connectivity index (χ3v) is 2.88. The molecule has 0 aliphatic rings. The molecule has 0 spiro atoms. The molecule has 0 aliphatic heterocycles. The van der Waals surface area contributed by atoms with E-state index < -0.39 is 0 Å². The smallest absolute Gasteiger partial charge is 0.128 e. The van der Waals surface area contributed by atoms with Crippen LogP contribution in [0.15, 0.2) is 24.3 Å². The first-order valence-electron chi connectivity index (χ1n) is 6.90. The number of ether oxygens (including phenoxy) is 1. The van der Waals surface area contributed by atoms with Gasteiger partial charge in [0.15, 0.2) is 0 Å². The number of benzene rings is 1. The van der Waals surface area contributed by atoms with Gasteiger partial charge in [0.1, 0.15) is 12.3 Å². The van der Waals surface area contributed by atoms with Crippen LogP contribution in [0.25, 0.3) is 0 Å². The van der Waals surface area contributed by atoms with E-state index in [2.05, 4.69) is 43.4 Å². The van der Waals surface area contributed by atoms with Crippen molar-refractivity contribution < 1.29 is 10.1 Å². The minimum Gasteiger partial charge on any atom is -0.493 e. The predicted molar refractivity (Wildman–Crippen MR) is 72.2 cm³/mol. The van der Waals surface area contributed by atoms with Crippen molar-refractivity contribution in [2.45, 2.75) is 46.1 Å². The van der Waals surface area contributed by atoms with E-state index in [1.807, 2.05) is 0 Å². The SMILES string of the molecule is CCCCCCOc1ccccc1C[NH2+]CC. The number of nitrogens with two attached hydrogens (primary N) is 1. The van der Waals surface area contributed by atoms with Crippen molar-refractivity contribution in [3.63, 3.8) is 0 Å². The minimum absolute atomic E-state index is 0.850. The van der Waals surface area contributed by atoms with Crippen LogP contribution in [0.5, 0.6) is 5.75 Å². The molecule has 0 unspecified atom stereocenters. The van der Waals surface area contributed by atoms with Crippen molar-refractivity contribution in [2.75, 3.05) is 13.2 Å². The molecule has 1 aromatic carbocycles. The molecule has 1 aromatic rings. The first-order chi connectivity index (χ1) is 8.38. The number of unbranched alkanes of at least 4 members (excludes halogenated alkanes) is 3. The maximum absolute atomic E-state index is 5.86. The Balaban J connectivity index is 2.35. The van der Waals surface area contributed by atoms with Gasteiger partial charge in [-0.05, 0) is 25.5 Å². The van der Waals surface area contributed by atoms with E-state index in [1.54, 1.807) is 0 Å². The molecule has 0 aromatic heterocycles. The van der Waals surface area contributed by atoms with Crippen LogP contribution in [0.3, 0.4) is 0 Å². The zero-order chi connectivity index (χ0) is 12.3. The Bertz CT molecular complexity index is 299. The van der Waals surface area contributed by atoms with E-state index in [-0.39, 0.29) is 0 Å².